The van der Waals surface area contributed by atoms with Crippen LogP contribution in [0.25, 0.3) is 5.69 Å². The van der Waals surface area contributed by atoms with E-state index in [1.54, 1.807) is 6.20 Å². The second kappa shape index (κ2) is 5.72. The predicted octanol–water partition coefficient (Wildman–Crippen LogP) is 3.34. The van der Waals surface area contributed by atoms with Crippen molar-refractivity contribution in [3.05, 3.63) is 41.6 Å². The molecule has 1 saturated carbocycles. The van der Waals surface area contributed by atoms with Crippen LogP contribution in [0, 0.1) is 6.92 Å². The summed E-state index contributed by atoms with van der Waals surface area (Å²) in [5.74, 6) is 0.926. The van der Waals surface area contributed by atoms with Crippen molar-refractivity contribution in [2.45, 2.75) is 45.1 Å². The van der Waals surface area contributed by atoms with Gasteiger partial charge in [0.2, 0.25) is 0 Å². The van der Waals surface area contributed by atoms with Gasteiger partial charge < -0.3 is 10.2 Å². The van der Waals surface area contributed by atoms with Gasteiger partial charge in [0.15, 0.2) is 0 Å². The Morgan fingerprint density at radius 2 is 1.87 bits per heavy atom. The molecule has 0 atom stereocenters. The van der Waals surface area contributed by atoms with Gasteiger partial charge in [0, 0.05) is 6.04 Å². The summed E-state index contributed by atoms with van der Waals surface area (Å²) < 4.78 is 1.82. The SMILES string of the molecule is Cc1ccc(-n2ncc3c2NCN(C2CCCCC2)C3=O)cc1. The van der Waals surface area contributed by atoms with E-state index in [4.69, 9.17) is 0 Å². The number of fused-ring (bicyclic) bond motifs is 1. The highest BCUT2D eigenvalue weighted by atomic mass is 16.2. The average Bonchev–Trinajstić information content (AvgIpc) is 3.02. The minimum absolute atomic E-state index is 0.115. The van der Waals surface area contributed by atoms with Crippen LogP contribution in [0.15, 0.2) is 30.5 Å². The van der Waals surface area contributed by atoms with Crippen molar-refractivity contribution in [1.82, 2.24) is 14.7 Å². The van der Waals surface area contributed by atoms with Gasteiger partial charge >= 0.3 is 0 Å². The van der Waals surface area contributed by atoms with Gasteiger partial charge in [-0.15, -0.1) is 0 Å². The molecule has 2 aliphatic rings. The van der Waals surface area contributed by atoms with Gasteiger partial charge in [-0.05, 0) is 31.9 Å². The number of nitrogens with one attached hydrogen (secondary N) is 1. The zero-order chi connectivity index (χ0) is 15.8. The van der Waals surface area contributed by atoms with Gasteiger partial charge in [-0.2, -0.15) is 5.10 Å². The Bertz CT molecular complexity index is 713. The van der Waals surface area contributed by atoms with Crippen molar-refractivity contribution in [1.29, 1.82) is 0 Å². The van der Waals surface area contributed by atoms with Gasteiger partial charge in [0.05, 0.1) is 18.6 Å². The molecule has 0 bridgehead atoms. The van der Waals surface area contributed by atoms with Crippen molar-refractivity contribution in [2.24, 2.45) is 0 Å². The molecule has 0 unspecified atom stereocenters. The van der Waals surface area contributed by atoms with E-state index in [2.05, 4.69) is 29.5 Å². The fourth-order valence-corrected chi connectivity index (χ4v) is 3.63. The lowest BCUT2D eigenvalue weighted by molar-refractivity contribution is 0.0640. The number of anilines is 1. The van der Waals surface area contributed by atoms with Crippen LogP contribution in [0.3, 0.4) is 0 Å². The van der Waals surface area contributed by atoms with Crippen LogP contribution in [0.5, 0.6) is 0 Å². The molecule has 1 N–H and O–H groups in total. The molecule has 0 spiro atoms. The van der Waals surface area contributed by atoms with E-state index in [-0.39, 0.29) is 5.91 Å². The van der Waals surface area contributed by atoms with Crippen molar-refractivity contribution < 1.29 is 4.79 Å². The number of hydrogen-bond acceptors (Lipinski definition) is 3. The summed E-state index contributed by atoms with van der Waals surface area (Å²) in [4.78, 5) is 14.8. The molecule has 0 radical (unpaired) electrons. The first kappa shape index (κ1) is 14.3. The number of rotatable bonds is 2. The summed E-state index contributed by atoms with van der Waals surface area (Å²) in [6, 6.07) is 8.55. The first-order valence-electron chi connectivity index (χ1n) is 8.44. The van der Waals surface area contributed by atoms with Gasteiger partial charge in [-0.1, -0.05) is 37.0 Å². The van der Waals surface area contributed by atoms with Crippen LogP contribution < -0.4 is 5.32 Å². The smallest absolute Gasteiger partial charge is 0.260 e. The molecule has 4 rings (SSSR count). The molecular formula is C18H22N4O. The van der Waals surface area contributed by atoms with E-state index in [1.165, 1.54) is 24.8 Å². The molecule has 1 amide bonds. The maximum Gasteiger partial charge on any atom is 0.260 e. The minimum atomic E-state index is 0.115. The number of aromatic nitrogens is 2. The second-order valence-corrected chi connectivity index (χ2v) is 6.56. The van der Waals surface area contributed by atoms with E-state index in [0.717, 1.165) is 24.3 Å². The monoisotopic (exact) mass is 310 g/mol. The van der Waals surface area contributed by atoms with Crippen LogP contribution in [0.1, 0.15) is 48.0 Å². The lowest BCUT2D eigenvalue weighted by Gasteiger charge is -2.37. The molecule has 1 fully saturated rings. The van der Waals surface area contributed by atoms with Crippen LogP contribution in [0.2, 0.25) is 0 Å². The normalized spacial score (nSPS) is 18.7. The largest absolute Gasteiger partial charge is 0.352 e. The first-order valence-corrected chi connectivity index (χ1v) is 8.44. The number of carbonyl (C=O) groups is 1. The Kier molecular flexibility index (Phi) is 3.56. The third-order valence-electron chi connectivity index (χ3n) is 4.97. The van der Waals surface area contributed by atoms with Crippen LogP contribution in [-0.4, -0.2) is 33.3 Å². The highest BCUT2D eigenvalue weighted by Crippen LogP contribution is 2.30. The van der Waals surface area contributed by atoms with Crippen LogP contribution in [-0.2, 0) is 0 Å². The zero-order valence-corrected chi connectivity index (χ0v) is 13.5. The summed E-state index contributed by atoms with van der Waals surface area (Å²) in [5, 5.41) is 7.84. The average molecular weight is 310 g/mol. The fourth-order valence-electron chi connectivity index (χ4n) is 3.63. The van der Waals surface area contributed by atoms with Gasteiger partial charge in [0.1, 0.15) is 11.4 Å². The van der Waals surface area contributed by atoms with Crippen LogP contribution in [0.4, 0.5) is 5.82 Å². The molecule has 23 heavy (non-hydrogen) atoms. The van der Waals surface area contributed by atoms with Gasteiger partial charge in [-0.3, -0.25) is 4.79 Å². The number of nitrogens with zero attached hydrogens (tertiary/aromatic N) is 3. The molecule has 5 nitrogen and oxygen atoms in total. The molecule has 2 aromatic rings. The standard InChI is InChI=1S/C18H22N4O/c1-13-7-9-15(10-8-13)22-17-16(11-20-22)18(23)21(12-19-17)14-5-3-2-4-6-14/h7-11,14,19H,2-6,12H2,1H3. The Morgan fingerprint density at radius 3 is 2.61 bits per heavy atom. The number of amides is 1. The van der Waals surface area contributed by atoms with Crippen molar-refractivity contribution in [3.8, 4) is 5.69 Å². The maximum atomic E-state index is 12.8. The minimum Gasteiger partial charge on any atom is -0.352 e. The summed E-state index contributed by atoms with van der Waals surface area (Å²) >= 11 is 0. The lowest BCUT2D eigenvalue weighted by Crippen LogP contribution is -2.47. The number of hydrogen-bond donors (Lipinski definition) is 1. The fraction of sp³-hybridized carbons (Fsp3) is 0.444. The van der Waals surface area contributed by atoms with Gasteiger partial charge in [0.25, 0.3) is 5.91 Å². The van der Waals surface area contributed by atoms with E-state index in [0.29, 0.717) is 18.3 Å². The second-order valence-electron chi connectivity index (χ2n) is 6.56. The number of aryl methyl sites for hydroxylation is 1. The molecule has 1 aromatic carbocycles. The number of carbonyl (C=O) groups excluding carboxylic acids is 1. The molecule has 1 aliphatic carbocycles. The summed E-state index contributed by atoms with van der Waals surface area (Å²) in [7, 11) is 0. The summed E-state index contributed by atoms with van der Waals surface area (Å²) in [6.07, 6.45) is 7.68. The van der Waals surface area contributed by atoms with E-state index in [1.807, 2.05) is 21.7 Å². The molecule has 2 heterocycles. The quantitative estimate of drug-likeness (QED) is 0.925. The third-order valence-corrected chi connectivity index (χ3v) is 4.97. The Labute approximate surface area is 136 Å². The lowest BCUT2D eigenvalue weighted by atomic mass is 9.94. The molecule has 1 aliphatic heterocycles. The molecule has 0 saturated heterocycles. The highest BCUT2D eigenvalue weighted by Gasteiger charge is 2.33. The van der Waals surface area contributed by atoms with E-state index < -0.39 is 0 Å². The van der Waals surface area contributed by atoms with Gasteiger partial charge in [-0.25, -0.2) is 4.68 Å². The van der Waals surface area contributed by atoms with E-state index >= 15 is 0 Å². The number of benzene rings is 1. The summed E-state index contributed by atoms with van der Waals surface area (Å²) in [5.41, 5.74) is 2.87. The maximum absolute atomic E-state index is 12.8. The van der Waals surface area contributed by atoms with Crippen molar-refractivity contribution >= 4 is 11.7 Å². The molecular weight excluding hydrogens is 288 g/mol. The van der Waals surface area contributed by atoms with Crippen molar-refractivity contribution in [3.63, 3.8) is 0 Å². The predicted molar refractivity (Wildman–Crippen MR) is 89.8 cm³/mol. The highest BCUT2D eigenvalue weighted by molar-refractivity contribution is 6.00. The van der Waals surface area contributed by atoms with E-state index in [9.17, 15) is 4.79 Å². The topological polar surface area (TPSA) is 50.2 Å². The van der Waals surface area contributed by atoms with Crippen molar-refractivity contribution in [2.75, 3.05) is 12.0 Å². The zero-order valence-electron chi connectivity index (χ0n) is 13.5. The molecule has 1 aromatic heterocycles. The molecule has 5 heteroatoms. The summed E-state index contributed by atoms with van der Waals surface area (Å²) in [6.45, 7) is 2.64. The molecule has 120 valence electrons. The Hall–Kier alpha value is -2.30. The third kappa shape index (κ3) is 2.50. The van der Waals surface area contributed by atoms with Crippen LogP contribution >= 0.6 is 0 Å². The Balaban J connectivity index is 1.63. The first-order chi connectivity index (χ1) is 11.2. The Morgan fingerprint density at radius 1 is 1.13 bits per heavy atom.